The maximum atomic E-state index is 5.96. The Hall–Kier alpha value is -1.06. The zero-order chi connectivity index (χ0) is 13.7. The third-order valence-corrected chi connectivity index (χ3v) is 3.82. The molecule has 0 bridgehead atoms. The molecule has 3 heteroatoms. The Bertz CT molecular complexity index is 400. The van der Waals surface area contributed by atoms with Crippen molar-refractivity contribution in [3.63, 3.8) is 0 Å². The van der Waals surface area contributed by atoms with Gasteiger partial charge < -0.3 is 14.8 Å². The van der Waals surface area contributed by atoms with Crippen molar-refractivity contribution in [2.45, 2.75) is 45.3 Å². The summed E-state index contributed by atoms with van der Waals surface area (Å²) >= 11 is 0. The van der Waals surface area contributed by atoms with Gasteiger partial charge in [-0.15, -0.1) is 0 Å². The highest BCUT2D eigenvalue weighted by Crippen LogP contribution is 2.30. The van der Waals surface area contributed by atoms with Gasteiger partial charge in [0.1, 0.15) is 5.75 Å². The molecule has 1 aromatic rings. The van der Waals surface area contributed by atoms with Crippen LogP contribution in [0.15, 0.2) is 18.2 Å². The van der Waals surface area contributed by atoms with Crippen LogP contribution in [0.3, 0.4) is 0 Å². The topological polar surface area (TPSA) is 30.5 Å². The van der Waals surface area contributed by atoms with Gasteiger partial charge >= 0.3 is 0 Å². The fourth-order valence-corrected chi connectivity index (χ4v) is 2.81. The van der Waals surface area contributed by atoms with E-state index in [4.69, 9.17) is 9.47 Å². The number of aryl methyl sites for hydroxylation is 1. The Balaban J connectivity index is 2.22. The van der Waals surface area contributed by atoms with Crippen LogP contribution in [0.2, 0.25) is 0 Å². The van der Waals surface area contributed by atoms with E-state index in [1.54, 1.807) is 7.11 Å². The minimum Gasteiger partial charge on any atom is -0.497 e. The molecule has 2 unspecified atom stereocenters. The summed E-state index contributed by atoms with van der Waals surface area (Å²) in [5, 5.41) is 3.58. The minimum absolute atomic E-state index is 0.288. The predicted molar refractivity (Wildman–Crippen MR) is 77.7 cm³/mol. The number of likely N-dealkylation sites (N-methyl/N-ethyl adjacent to an activating group) is 1. The maximum absolute atomic E-state index is 5.96. The Labute approximate surface area is 116 Å². The molecule has 2 rings (SSSR count). The van der Waals surface area contributed by atoms with Crippen LogP contribution in [-0.4, -0.2) is 26.4 Å². The summed E-state index contributed by atoms with van der Waals surface area (Å²) in [7, 11) is 1.71. The molecule has 0 saturated carbocycles. The summed E-state index contributed by atoms with van der Waals surface area (Å²) in [6.07, 6.45) is 3.89. The van der Waals surface area contributed by atoms with Crippen molar-refractivity contribution >= 4 is 0 Å². The van der Waals surface area contributed by atoms with E-state index in [1.807, 2.05) is 6.07 Å². The van der Waals surface area contributed by atoms with Crippen molar-refractivity contribution in [2.24, 2.45) is 0 Å². The quantitative estimate of drug-likeness (QED) is 0.884. The third-order valence-electron chi connectivity index (χ3n) is 3.82. The molecule has 3 nitrogen and oxygen atoms in total. The summed E-state index contributed by atoms with van der Waals surface area (Å²) < 4.78 is 11.2. The van der Waals surface area contributed by atoms with Crippen molar-refractivity contribution < 1.29 is 9.47 Å². The van der Waals surface area contributed by atoms with Crippen LogP contribution in [0.5, 0.6) is 5.75 Å². The minimum atomic E-state index is 0.288. The smallest absolute Gasteiger partial charge is 0.119 e. The number of nitrogens with one attached hydrogen (secondary N) is 1. The van der Waals surface area contributed by atoms with E-state index >= 15 is 0 Å². The van der Waals surface area contributed by atoms with E-state index in [-0.39, 0.29) is 6.04 Å². The van der Waals surface area contributed by atoms with E-state index in [9.17, 15) is 0 Å². The highest BCUT2D eigenvalue weighted by Gasteiger charge is 2.26. The number of ether oxygens (including phenoxy) is 2. The molecule has 1 heterocycles. The number of benzene rings is 1. The number of rotatable bonds is 5. The normalized spacial score (nSPS) is 21.1. The number of methoxy groups -OCH3 is 1. The lowest BCUT2D eigenvalue weighted by Gasteiger charge is -2.32. The first kappa shape index (κ1) is 14.4. The van der Waals surface area contributed by atoms with Crippen LogP contribution in [0.25, 0.3) is 0 Å². The van der Waals surface area contributed by atoms with Crippen molar-refractivity contribution in [3.8, 4) is 5.75 Å². The lowest BCUT2D eigenvalue weighted by molar-refractivity contribution is -0.00800. The molecule has 1 aliphatic heterocycles. The summed E-state index contributed by atoms with van der Waals surface area (Å²) in [5.41, 5.74) is 2.59. The van der Waals surface area contributed by atoms with Gasteiger partial charge in [-0.1, -0.05) is 13.0 Å². The van der Waals surface area contributed by atoms with Crippen molar-refractivity contribution in [3.05, 3.63) is 29.3 Å². The molecular weight excluding hydrogens is 238 g/mol. The monoisotopic (exact) mass is 263 g/mol. The molecule has 1 aliphatic rings. The van der Waals surface area contributed by atoms with Crippen molar-refractivity contribution in [1.82, 2.24) is 5.32 Å². The SMILES string of the molecule is CCNC(c1ccc(OC)cc1C)C1CCCCO1. The van der Waals surface area contributed by atoms with E-state index in [2.05, 4.69) is 31.3 Å². The fourth-order valence-electron chi connectivity index (χ4n) is 2.81. The van der Waals surface area contributed by atoms with Gasteiger partial charge in [0.25, 0.3) is 0 Å². The lowest BCUT2D eigenvalue weighted by atomic mass is 9.92. The first-order valence-corrected chi connectivity index (χ1v) is 7.25. The second kappa shape index (κ2) is 6.92. The molecule has 106 valence electrons. The van der Waals surface area contributed by atoms with Gasteiger partial charge in [0.05, 0.1) is 19.3 Å². The highest BCUT2D eigenvalue weighted by molar-refractivity contribution is 5.37. The average Bonchev–Trinajstić information content (AvgIpc) is 2.46. The van der Waals surface area contributed by atoms with Crippen LogP contribution in [0.4, 0.5) is 0 Å². The second-order valence-electron chi connectivity index (χ2n) is 5.16. The first-order valence-electron chi connectivity index (χ1n) is 7.25. The summed E-state index contributed by atoms with van der Waals surface area (Å²) in [5.74, 6) is 0.918. The summed E-state index contributed by atoms with van der Waals surface area (Å²) in [4.78, 5) is 0. The predicted octanol–water partition coefficient (Wildman–Crippen LogP) is 3.22. The molecule has 19 heavy (non-hydrogen) atoms. The lowest BCUT2D eigenvalue weighted by Crippen LogP contribution is -2.36. The van der Waals surface area contributed by atoms with Crippen LogP contribution in [0, 0.1) is 6.92 Å². The van der Waals surface area contributed by atoms with Gasteiger partial charge in [0, 0.05) is 6.61 Å². The van der Waals surface area contributed by atoms with E-state index in [0.29, 0.717) is 6.10 Å². The summed E-state index contributed by atoms with van der Waals surface area (Å²) in [6.45, 7) is 6.14. The standard InChI is InChI=1S/C16H25NO2/c1-4-17-16(15-7-5-6-10-19-15)14-9-8-13(18-3)11-12(14)2/h8-9,11,15-17H,4-7,10H2,1-3H3. The van der Waals surface area contributed by atoms with Crippen molar-refractivity contribution in [1.29, 1.82) is 0 Å². The Morgan fingerprint density at radius 3 is 2.84 bits per heavy atom. The molecule has 1 fully saturated rings. The number of hydrogen-bond donors (Lipinski definition) is 1. The fraction of sp³-hybridized carbons (Fsp3) is 0.625. The number of hydrogen-bond acceptors (Lipinski definition) is 3. The molecule has 2 atom stereocenters. The van der Waals surface area contributed by atoms with Crippen molar-refractivity contribution in [2.75, 3.05) is 20.3 Å². The van der Waals surface area contributed by atoms with Crippen LogP contribution < -0.4 is 10.1 Å². The maximum Gasteiger partial charge on any atom is 0.119 e. The molecule has 0 aliphatic carbocycles. The molecule has 0 aromatic heterocycles. The van der Waals surface area contributed by atoms with Gasteiger partial charge in [-0.2, -0.15) is 0 Å². The third kappa shape index (κ3) is 3.48. The molecule has 0 spiro atoms. The molecule has 1 aromatic carbocycles. The zero-order valence-corrected chi connectivity index (χ0v) is 12.2. The van der Waals surface area contributed by atoms with Gasteiger partial charge in [-0.25, -0.2) is 0 Å². The summed E-state index contributed by atoms with van der Waals surface area (Å²) in [6, 6.07) is 6.59. The largest absolute Gasteiger partial charge is 0.497 e. The average molecular weight is 263 g/mol. The molecular formula is C16H25NO2. The molecule has 0 amide bonds. The zero-order valence-electron chi connectivity index (χ0n) is 12.2. The Morgan fingerprint density at radius 2 is 2.26 bits per heavy atom. The highest BCUT2D eigenvalue weighted by atomic mass is 16.5. The van der Waals surface area contributed by atoms with Gasteiger partial charge in [-0.05, 0) is 56.0 Å². The Morgan fingerprint density at radius 1 is 1.42 bits per heavy atom. The first-order chi connectivity index (χ1) is 9.26. The van der Waals surface area contributed by atoms with Crippen LogP contribution in [-0.2, 0) is 4.74 Å². The van der Waals surface area contributed by atoms with E-state index in [1.165, 1.54) is 24.0 Å². The van der Waals surface area contributed by atoms with Gasteiger partial charge in [0.15, 0.2) is 0 Å². The van der Waals surface area contributed by atoms with E-state index < -0.39 is 0 Å². The molecule has 0 radical (unpaired) electrons. The second-order valence-corrected chi connectivity index (χ2v) is 5.16. The van der Waals surface area contributed by atoms with Crippen LogP contribution in [0.1, 0.15) is 43.4 Å². The van der Waals surface area contributed by atoms with Gasteiger partial charge in [-0.3, -0.25) is 0 Å². The van der Waals surface area contributed by atoms with E-state index in [0.717, 1.165) is 25.3 Å². The molecule has 1 saturated heterocycles. The van der Waals surface area contributed by atoms with Crippen LogP contribution >= 0.6 is 0 Å². The Kier molecular flexibility index (Phi) is 5.23. The molecule has 1 N–H and O–H groups in total. The van der Waals surface area contributed by atoms with Gasteiger partial charge in [0.2, 0.25) is 0 Å².